The molecule has 2 fully saturated rings. The van der Waals surface area contributed by atoms with Gasteiger partial charge in [0, 0.05) is 32.7 Å². The van der Waals surface area contributed by atoms with Crippen LogP contribution in [-0.4, -0.2) is 64.1 Å². The summed E-state index contributed by atoms with van der Waals surface area (Å²) in [7, 11) is -7.02. The Bertz CT molecular complexity index is 1250. The Morgan fingerprint density at radius 3 is 1.59 bits per heavy atom. The SMILES string of the molecule is O=C(COc1ccc(S(=O)(=O)N2CCCCCC2)cc1)NCc1ccc(S(=O)(=O)N2CCCCC2)cc1. The lowest BCUT2D eigenvalue weighted by Crippen LogP contribution is -2.35. The molecule has 2 saturated heterocycles. The van der Waals surface area contributed by atoms with Crippen molar-refractivity contribution < 1.29 is 26.4 Å². The number of carbonyl (C=O) groups excluding carboxylic acids is 1. The summed E-state index contributed by atoms with van der Waals surface area (Å²) < 4.78 is 59.9. The first-order chi connectivity index (χ1) is 17.8. The number of hydrogen-bond acceptors (Lipinski definition) is 6. The van der Waals surface area contributed by atoms with Crippen LogP contribution < -0.4 is 10.1 Å². The smallest absolute Gasteiger partial charge is 0.258 e. The minimum atomic E-state index is -3.53. The summed E-state index contributed by atoms with van der Waals surface area (Å²) in [6.07, 6.45) is 6.66. The first-order valence-corrected chi connectivity index (χ1v) is 15.7. The molecule has 1 amide bonds. The topological polar surface area (TPSA) is 113 Å². The van der Waals surface area contributed by atoms with Gasteiger partial charge in [0.2, 0.25) is 20.0 Å². The second-order valence-corrected chi connectivity index (χ2v) is 13.3. The van der Waals surface area contributed by atoms with Crippen molar-refractivity contribution in [3.05, 3.63) is 54.1 Å². The molecule has 0 bridgehead atoms. The minimum absolute atomic E-state index is 0.219. The molecule has 202 valence electrons. The van der Waals surface area contributed by atoms with Crippen LogP contribution in [-0.2, 0) is 31.4 Å². The molecule has 2 aliphatic rings. The summed E-state index contributed by atoms with van der Waals surface area (Å²) in [5, 5.41) is 2.75. The normalized spacial score (nSPS) is 18.2. The number of nitrogens with one attached hydrogen (secondary N) is 1. The highest BCUT2D eigenvalue weighted by atomic mass is 32.2. The molecule has 0 radical (unpaired) electrons. The van der Waals surface area contributed by atoms with Gasteiger partial charge < -0.3 is 10.1 Å². The quantitative estimate of drug-likeness (QED) is 0.514. The molecule has 0 unspecified atom stereocenters. The van der Waals surface area contributed by atoms with Crippen LogP contribution in [0.15, 0.2) is 58.3 Å². The lowest BCUT2D eigenvalue weighted by Gasteiger charge is -2.25. The summed E-state index contributed by atoms with van der Waals surface area (Å²) in [4.78, 5) is 12.7. The van der Waals surface area contributed by atoms with Crippen molar-refractivity contribution >= 4 is 26.0 Å². The minimum Gasteiger partial charge on any atom is -0.484 e. The number of piperidine rings is 1. The summed E-state index contributed by atoms with van der Waals surface area (Å²) in [6, 6.07) is 12.7. The lowest BCUT2D eigenvalue weighted by molar-refractivity contribution is -0.123. The predicted octanol–water partition coefficient (Wildman–Crippen LogP) is 3.12. The van der Waals surface area contributed by atoms with Gasteiger partial charge >= 0.3 is 0 Å². The first kappa shape index (κ1) is 27.6. The van der Waals surface area contributed by atoms with E-state index in [1.54, 1.807) is 40.7 Å². The van der Waals surface area contributed by atoms with Crippen LogP contribution in [0.5, 0.6) is 5.75 Å². The largest absolute Gasteiger partial charge is 0.484 e. The van der Waals surface area contributed by atoms with E-state index in [9.17, 15) is 21.6 Å². The lowest BCUT2D eigenvalue weighted by atomic mass is 10.2. The second kappa shape index (κ2) is 12.4. The van der Waals surface area contributed by atoms with Gasteiger partial charge in [0.15, 0.2) is 6.61 Å². The predicted molar refractivity (Wildman–Crippen MR) is 140 cm³/mol. The van der Waals surface area contributed by atoms with Gasteiger partial charge in [-0.15, -0.1) is 0 Å². The van der Waals surface area contributed by atoms with E-state index in [1.807, 2.05) is 0 Å². The molecule has 0 aliphatic carbocycles. The zero-order valence-electron chi connectivity index (χ0n) is 21.0. The van der Waals surface area contributed by atoms with Crippen molar-refractivity contribution in [1.29, 1.82) is 0 Å². The van der Waals surface area contributed by atoms with E-state index in [1.165, 1.54) is 16.4 Å². The Morgan fingerprint density at radius 2 is 1.11 bits per heavy atom. The van der Waals surface area contributed by atoms with E-state index >= 15 is 0 Å². The van der Waals surface area contributed by atoms with Gasteiger partial charge in [-0.25, -0.2) is 16.8 Å². The molecule has 37 heavy (non-hydrogen) atoms. The number of rotatable bonds is 9. The molecule has 2 heterocycles. The maximum Gasteiger partial charge on any atom is 0.258 e. The van der Waals surface area contributed by atoms with Gasteiger partial charge in [-0.3, -0.25) is 4.79 Å². The van der Waals surface area contributed by atoms with Crippen LogP contribution in [0.1, 0.15) is 50.5 Å². The van der Waals surface area contributed by atoms with E-state index in [0.29, 0.717) is 31.9 Å². The van der Waals surface area contributed by atoms with Crippen LogP contribution in [0.4, 0.5) is 0 Å². The summed E-state index contributed by atoms with van der Waals surface area (Å²) in [6.45, 7) is 2.20. The Hall–Kier alpha value is -2.47. The Balaban J connectivity index is 1.25. The van der Waals surface area contributed by atoms with Crippen LogP contribution >= 0.6 is 0 Å². The molecule has 1 N–H and O–H groups in total. The standard InChI is InChI=1S/C26H35N3O6S2/c30-26(27-20-22-8-12-24(13-9-22)36(31,32)29-18-6-3-7-19-29)21-35-23-10-14-25(15-11-23)37(33,34)28-16-4-1-2-5-17-28/h8-15H,1-7,16-21H2,(H,27,30). The van der Waals surface area contributed by atoms with Gasteiger partial charge in [0.25, 0.3) is 5.91 Å². The number of sulfonamides is 2. The molecule has 4 rings (SSSR count). The third kappa shape index (κ3) is 7.10. The average Bonchev–Trinajstić information content (AvgIpc) is 3.22. The highest BCUT2D eigenvalue weighted by Gasteiger charge is 2.26. The number of benzene rings is 2. The number of amides is 1. The van der Waals surface area contributed by atoms with Gasteiger partial charge in [0.1, 0.15) is 5.75 Å². The Morgan fingerprint density at radius 1 is 0.676 bits per heavy atom. The van der Waals surface area contributed by atoms with Gasteiger partial charge in [0.05, 0.1) is 9.79 Å². The Kier molecular flexibility index (Phi) is 9.22. The summed E-state index contributed by atoms with van der Waals surface area (Å²) in [5.41, 5.74) is 0.772. The molecule has 2 aliphatic heterocycles. The molecule has 11 heteroatoms. The molecule has 0 spiro atoms. The summed E-state index contributed by atoms with van der Waals surface area (Å²) >= 11 is 0. The molecule has 0 saturated carbocycles. The molecule has 0 atom stereocenters. The third-order valence-corrected chi connectivity index (χ3v) is 10.6. The highest BCUT2D eigenvalue weighted by Crippen LogP contribution is 2.23. The van der Waals surface area contributed by atoms with Crippen LogP contribution in [0, 0.1) is 0 Å². The van der Waals surface area contributed by atoms with Crippen LogP contribution in [0.3, 0.4) is 0 Å². The molecular formula is C26H35N3O6S2. The third-order valence-electron chi connectivity index (χ3n) is 6.76. The summed E-state index contributed by atoms with van der Waals surface area (Å²) in [5.74, 6) is 0.0588. The van der Waals surface area contributed by atoms with Crippen molar-refractivity contribution in [2.75, 3.05) is 32.8 Å². The van der Waals surface area contributed by atoms with Gasteiger partial charge in [-0.2, -0.15) is 8.61 Å². The number of ether oxygens (including phenoxy) is 1. The second-order valence-electron chi connectivity index (χ2n) is 9.46. The fraction of sp³-hybridized carbons (Fsp3) is 0.500. The van der Waals surface area contributed by atoms with Crippen LogP contribution in [0.2, 0.25) is 0 Å². The highest BCUT2D eigenvalue weighted by molar-refractivity contribution is 7.89. The van der Waals surface area contributed by atoms with Crippen molar-refractivity contribution in [2.24, 2.45) is 0 Å². The van der Waals surface area contributed by atoms with E-state index in [4.69, 9.17) is 4.74 Å². The molecule has 2 aromatic carbocycles. The van der Waals surface area contributed by atoms with Gasteiger partial charge in [-0.1, -0.05) is 31.4 Å². The van der Waals surface area contributed by atoms with E-state index in [0.717, 1.165) is 50.5 Å². The fourth-order valence-corrected chi connectivity index (χ4v) is 7.61. The monoisotopic (exact) mass is 549 g/mol. The number of hydrogen-bond donors (Lipinski definition) is 1. The average molecular weight is 550 g/mol. The van der Waals surface area contributed by atoms with Crippen molar-refractivity contribution in [3.63, 3.8) is 0 Å². The molecule has 9 nitrogen and oxygen atoms in total. The zero-order valence-corrected chi connectivity index (χ0v) is 22.6. The number of nitrogens with zero attached hydrogens (tertiary/aromatic N) is 2. The first-order valence-electron chi connectivity index (χ1n) is 12.9. The van der Waals surface area contributed by atoms with Crippen LogP contribution in [0.25, 0.3) is 0 Å². The maximum atomic E-state index is 12.9. The number of carbonyl (C=O) groups is 1. The van der Waals surface area contributed by atoms with Crippen molar-refractivity contribution in [2.45, 2.75) is 61.3 Å². The maximum absolute atomic E-state index is 12.9. The van der Waals surface area contributed by atoms with E-state index < -0.39 is 20.0 Å². The molecular weight excluding hydrogens is 514 g/mol. The van der Waals surface area contributed by atoms with E-state index in [-0.39, 0.29) is 28.8 Å². The van der Waals surface area contributed by atoms with E-state index in [2.05, 4.69) is 5.32 Å². The van der Waals surface area contributed by atoms with Crippen molar-refractivity contribution in [1.82, 2.24) is 13.9 Å². The molecule has 0 aromatic heterocycles. The fourth-order valence-electron chi connectivity index (χ4n) is 4.57. The molecule has 2 aromatic rings. The Labute approximate surface area is 219 Å². The van der Waals surface area contributed by atoms with Gasteiger partial charge in [-0.05, 0) is 67.6 Å². The van der Waals surface area contributed by atoms with Crippen molar-refractivity contribution in [3.8, 4) is 5.75 Å². The zero-order chi connectivity index (χ0) is 26.3.